The molecule has 0 atom stereocenters. The highest BCUT2D eigenvalue weighted by Gasteiger charge is 2.25. The van der Waals surface area contributed by atoms with Crippen LogP contribution in [0.25, 0.3) is 0 Å². The molecule has 1 aliphatic rings. The summed E-state index contributed by atoms with van der Waals surface area (Å²) in [7, 11) is -3.29. The Balaban J connectivity index is 1.97. The van der Waals surface area contributed by atoms with E-state index in [4.69, 9.17) is 0 Å². The van der Waals surface area contributed by atoms with Gasteiger partial charge in [0, 0.05) is 13.1 Å². The molecule has 0 radical (unpaired) electrons. The van der Waals surface area contributed by atoms with Crippen LogP contribution in [0.5, 0.6) is 0 Å². The standard InChI is InChI=1S/C16H26N2O2S/c1-2-17-12-6-7-15-8-10-16(11-9-15)21(19,20)18-13-4-3-5-14-18/h8-11,17H,2-7,12-14H2,1H3. The summed E-state index contributed by atoms with van der Waals surface area (Å²) in [6, 6.07) is 7.41. The first-order valence-corrected chi connectivity index (χ1v) is 9.38. The van der Waals surface area contributed by atoms with Gasteiger partial charge in [-0.15, -0.1) is 0 Å². The smallest absolute Gasteiger partial charge is 0.243 e. The van der Waals surface area contributed by atoms with Crippen LogP contribution in [0, 0.1) is 0 Å². The first-order valence-electron chi connectivity index (χ1n) is 7.94. The Hall–Kier alpha value is -0.910. The monoisotopic (exact) mass is 310 g/mol. The minimum Gasteiger partial charge on any atom is -0.317 e. The number of nitrogens with zero attached hydrogens (tertiary/aromatic N) is 1. The van der Waals surface area contributed by atoms with E-state index in [0.717, 1.165) is 45.2 Å². The second kappa shape index (κ2) is 7.92. The van der Waals surface area contributed by atoms with E-state index >= 15 is 0 Å². The van der Waals surface area contributed by atoms with Crippen LogP contribution in [0.15, 0.2) is 29.2 Å². The molecule has 1 aliphatic heterocycles. The average molecular weight is 310 g/mol. The third kappa shape index (κ3) is 4.53. The highest BCUT2D eigenvalue weighted by Crippen LogP contribution is 2.21. The zero-order chi connectivity index (χ0) is 15.1. The highest BCUT2D eigenvalue weighted by molar-refractivity contribution is 7.89. The zero-order valence-corrected chi connectivity index (χ0v) is 13.7. The summed E-state index contributed by atoms with van der Waals surface area (Å²) >= 11 is 0. The maximum absolute atomic E-state index is 12.5. The summed E-state index contributed by atoms with van der Waals surface area (Å²) in [6.07, 6.45) is 5.14. The predicted octanol–water partition coefficient (Wildman–Crippen LogP) is 2.40. The van der Waals surface area contributed by atoms with E-state index in [-0.39, 0.29) is 0 Å². The van der Waals surface area contributed by atoms with E-state index in [0.29, 0.717) is 18.0 Å². The van der Waals surface area contributed by atoms with Crippen molar-refractivity contribution in [2.24, 2.45) is 0 Å². The van der Waals surface area contributed by atoms with Crippen molar-refractivity contribution < 1.29 is 8.42 Å². The van der Waals surface area contributed by atoms with Crippen LogP contribution in [0.4, 0.5) is 0 Å². The van der Waals surface area contributed by atoms with E-state index in [1.807, 2.05) is 12.1 Å². The van der Waals surface area contributed by atoms with Gasteiger partial charge in [0.25, 0.3) is 0 Å². The van der Waals surface area contributed by atoms with Crippen molar-refractivity contribution >= 4 is 10.0 Å². The largest absolute Gasteiger partial charge is 0.317 e. The number of rotatable bonds is 7. The van der Waals surface area contributed by atoms with Gasteiger partial charge in [0.15, 0.2) is 0 Å². The highest BCUT2D eigenvalue weighted by atomic mass is 32.2. The lowest BCUT2D eigenvalue weighted by molar-refractivity contribution is 0.346. The van der Waals surface area contributed by atoms with E-state index in [1.54, 1.807) is 16.4 Å². The topological polar surface area (TPSA) is 49.4 Å². The third-order valence-electron chi connectivity index (χ3n) is 3.95. The Morgan fingerprint density at radius 2 is 1.76 bits per heavy atom. The lowest BCUT2D eigenvalue weighted by Crippen LogP contribution is -2.35. The molecule has 0 amide bonds. The molecular formula is C16H26N2O2S. The average Bonchev–Trinajstić information content (AvgIpc) is 2.53. The quantitative estimate of drug-likeness (QED) is 0.787. The normalized spacial score (nSPS) is 17.0. The number of sulfonamides is 1. The van der Waals surface area contributed by atoms with Gasteiger partial charge in [-0.05, 0) is 56.5 Å². The molecule has 21 heavy (non-hydrogen) atoms. The Kier molecular flexibility index (Phi) is 6.21. The van der Waals surface area contributed by atoms with Crippen molar-refractivity contribution in [2.75, 3.05) is 26.2 Å². The molecule has 1 heterocycles. The third-order valence-corrected chi connectivity index (χ3v) is 5.86. The van der Waals surface area contributed by atoms with Crippen LogP contribution in [0.1, 0.15) is 38.2 Å². The summed E-state index contributed by atoms with van der Waals surface area (Å²) in [5, 5.41) is 3.29. The van der Waals surface area contributed by atoms with Crippen molar-refractivity contribution in [3.05, 3.63) is 29.8 Å². The van der Waals surface area contributed by atoms with Crippen LogP contribution in [0.2, 0.25) is 0 Å². The molecule has 1 aromatic rings. The van der Waals surface area contributed by atoms with Gasteiger partial charge in [-0.2, -0.15) is 4.31 Å². The number of hydrogen-bond donors (Lipinski definition) is 1. The van der Waals surface area contributed by atoms with Crippen LogP contribution >= 0.6 is 0 Å². The zero-order valence-electron chi connectivity index (χ0n) is 12.8. The molecule has 118 valence electrons. The summed E-state index contributed by atoms with van der Waals surface area (Å²) < 4.78 is 26.6. The molecule has 2 rings (SSSR count). The number of nitrogens with one attached hydrogen (secondary N) is 1. The van der Waals surface area contributed by atoms with Crippen molar-refractivity contribution in [2.45, 2.75) is 43.9 Å². The summed E-state index contributed by atoms with van der Waals surface area (Å²) in [4.78, 5) is 0.430. The number of benzene rings is 1. The maximum atomic E-state index is 12.5. The van der Waals surface area contributed by atoms with Gasteiger partial charge in [-0.3, -0.25) is 0 Å². The van der Waals surface area contributed by atoms with Crippen molar-refractivity contribution in [1.82, 2.24) is 9.62 Å². The van der Waals surface area contributed by atoms with Gasteiger partial charge in [0.2, 0.25) is 10.0 Å². The molecule has 0 aromatic heterocycles. The van der Waals surface area contributed by atoms with Crippen LogP contribution in [0.3, 0.4) is 0 Å². The molecule has 1 fully saturated rings. The van der Waals surface area contributed by atoms with E-state index in [1.165, 1.54) is 5.56 Å². The van der Waals surface area contributed by atoms with Crippen LogP contribution in [-0.4, -0.2) is 38.9 Å². The number of piperidine rings is 1. The minimum absolute atomic E-state index is 0.430. The fourth-order valence-electron chi connectivity index (χ4n) is 2.68. The molecule has 0 spiro atoms. The van der Waals surface area contributed by atoms with Gasteiger partial charge in [0.05, 0.1) is 4.90 Å². The Labute approximate surface area is 128 Å². The summed E-state index contributed by atoms with van der Waals surface area (Å²) in [6.45, 7) is 5.41. The fourth-order valence-corrected chi connectivity index (χ4v) is 4.19. The molecule has 5 heteroatoms. The van der Waals surface area contributed by atoms with Gasteiger partial charge in [-0.25, -0.2) is 8.42 Å². The molecule has 0 aliphatic carbocycles. The molecule has 1 aromatic carbocycles. The van der Waals surface area contributed by atoms with E-state index in [9.17, 15) is 8.42 Å². The van der Waals surface area contributed by atoms with Gasteiger partial charge in [0.1, 0.15) is 0 Å². The summed E-state index contributed by atoms with van der Waals surface area (Å²) in [5.41, 5.74) is 1.20. The van der Waals surface area contributed by atoms with Crippen LogP contribution < -0.4 is 5.32 Å². The second-order valence-corrected chi connectivity index (χ2v) is 7.50. The Morgan fingerprint density at radius 3 is 2.38 bits per heavy atom. The molecule has 0 unspecified atom stereocenters. The molecule has 0 bridgehead atoms. The predicted molar refractivity (Wildman–Crippen MR) is 85.9 cm³/mol. The van der Waals surface area contributed by atoms with Gasteiger partial charge >= 0.3 is 0 Å². The maximum Gasteiger partial charge on any atom is 0.243 e. The number of hydrogen-bond acceptors (Lipinski definition) is 3. The lowest BCUT2D eigenvalue weighted by atomic mass is 10.1. The van der Waals surface area contributed by atoms with Crippen LogP contribution in [-0.2, 0) is 16.4 Å². The molecule has 0 saturated carbocycles. The van der Waals surface area contributed by atoms with Crippen molar-refractivity contribution in [1.29, 1.82) is 0 Å². The van der Waals surface area contributed by atoms with E-state index in [2.05, 4.69) is 12.2 Å². The molecule has 1 N–H and O–H groups in total. The Morgan fingerprint density at radius 1 is 1.10 bits per heavy atom. The first-order chi connectivity index (χ1) is 10.1. The van der Waals surface area contributed by atoms with Crippen molar-refractivity contribution in [3.63, 3.8) is 0 Å². The molecular weight excluding hydrogens is 284 g/mol. The molecule has 1 saturated heterocycles. The van der Waals surface area contributed by atoms with E-state index < -0.39 is 10.0 Å². The summed E-state index contributed by atoms with van der Waals surface area (Å²) in [5.74, 6) is 0. The van der Waals surface area contributed by atoms with Gasteiger partial charge in [-0.1, -0.05) is 25.5 Å². The minimum atomic E-state index is -3.29. The lowest BCUT2D eigenvalue weighted by Gasteiger charge is -2.25. The number of aryl methyl sites for hydroxylation is 1. The van der Waals surface area contributed by atoms with Gasteiger partial charge < -0.3 is 5.32 Å². The molecule has 4 nitrogen and oxygen atoms in total. The SMILES string of the molecule is CCNCCCc1ccc(S(=O)(=O)N2CCCCC2)cc1. The Bertz CT molecular complexity index is 520. The first kappa shape index (κ1) is 16.5. The van der Waals surface area contributed by atoms with Crippen molar-refractivity contribution in [3.8, 4) is 0 Å². The second-order valence-electron chi connectivity index (χ2n) is 5.57. The fraction of sp³-hybridized carbons (Fsp3) is 0.625.